The first-order valence-electron chi connectivity index (χ1n) is 3.48. The van der Waals surface area contributed by atoms with E-state index >= 15 is 0 Å². The van der Waals surface area contributed by atoms with Gasteiger partial charge in [0, 0.05) is 0 Å². The monoisotopic (exact) mass is 168 g/mol. The van der Waals surface area contributed by atoms with Crippen molar-refractivity contribution in [1.82, 2.24) is 9.97 Å². The van der Waals surface area contributed by atoms with Crippen LogP contribution < -0.4 is 0 Å². The molecule has 0 amide bonds. The zero-order valence-corrected chi connectivity index (χ0v) is 6.77. The minimum atomic E-state index is -0.382. The molecule has 0 atom stereocenters. The summed E-state index contributed by atoms with van der Waals surface area (Å²) in [4.78, 5) is 18.0. The third-order valence-corrected chi connectivity index (χ3v) is 2.54. The Hall–Kier alpha value is -0.770. The number of nitrogens with one attached hydrogen (secondary N) is 1. The van der Waals surface area contributed by atoms with Crippen molar-refractivity contribution >= 4 is 18.4 Å². The molecule has 1 fully saturated rings. The van der Waals surface area contributed by atoms with Crippen molar-refractivity contribution in [1.29, 1.82) is 0 Å². The molecule has 1 aliphatic rings. The van der Waals surface area contributed by atoms with Crippen molar-refractivity contribution in [3.8, 4) is 0 Å². The minimum absolute atomic E-state index is 0.0679. The number of Topliss-reactive ketones (excluding diaryl/α,β-unsaturated/α-hetero) is 1. The number of rotatable bonds is 2. The summed E-state index contributed by atoms with van der Waals surface area (Å²) in [5, 5.41) is 0. The highest BCUT2D eigenvalue weighted by Gasteiger charge is 2.46. The number of aromatic amines is 1. The molecule has 0 saturated heterocycles. The molecule has 2 rings (SSSR count). The molecule has 0 radical (unpaired) electrons. The lowest BCUT2D eigenvalue weighted by molar-refractivity contribution is 0.0977. The fourth-order valence-electron chi connectivity index (χ4n) is 0.976. The van der Waals surface area contributed by atoms with Crippen LogP contribution in [0, 0.1) is 0 Å². The number of hydrogen-bond donors (Lipinski definition) is 2. The van der Waals surface area contributed by atoms with Crippen LogP contribution in [0.3, 0.4) is 0 Å². The number of hydrogen-bond acceptors (Lipinski definition) is 3. The van der Waals surface area contributed by atoms with E-state index in [-0.39, 0.29) is 10.5 Å². The Morgan fingerprint density at radius 1 is 1.73 bits per heavy atom. The second kappa shape index (κ2) is 2.11. The molecular formula is C7H8N2OS. The molecule has 58 valence electrons. The number of carbonyl (C=O) groups is 1. The lowest BCUT2D eigenvalue weighted by Crippen LogP contribution is -2.15. The Balaban J connectivity index is 2.24. The van der Waals surface area contributed by atoms with Crippen molar-refractivity contribution in [2.45, 2.75) is 17.6 Å². The van der Waals surface area contributed by atoms with Crippen molar-refractivity contribution in [3.05, 3.63) is 18.2 Å². The van der Waals surface area contributed by atoms with Gasteiger partial charge in [0.05, 0.1) is 17.3 Å². The maximum absolute atomic E-state index is 11.4. The van der Waals surface area contributed by atoms with Gasteiger partial charge in [-0.1, -0.05) is 0 Å². The van der Waals surface area contributed by atoms with Crippen LogP contribution in [0.2, 0.25) is 0 Å². The quantitative estimate of drug-likeness (QED) is 0.512. The Morgan fingerprint density at radius 2 is 2.45 bits per heavy atom. The number of carbonyl (C=O) groups excluding carboxylic acids is 1. The van der Waals surface area contributed by atoms with E-state index in [1.165, 1.54) is 6.33 Å². The molecule has 3 nitrogen and oxygen atoms in total. The van der Waals surface area contributed by atoms with Crippen molar-refractivity contribution in [2.24, 2.45) is 0 Å². The van der Waals surface area contributed by atoms with Gasteiger partial charge in [-0.05, 0) is 12.8 Å². The third kappa shape index (κ3) is 1.07. The average Bonchev–Trinajstić information content (AvgIpc) is 2.54. The van der Waals surface area contributed by atoms with Crippen molar-refractivity contribution in [2.75, 3.05) is 0 Å². The normalized spacial score (nSPS) is 19.7. The average molecular weight is 168 g/mol. The molecule has 0 spiro atoms. The van der Waals surface area contributed by atoms with E-state index in [0.29, 0.717) is 5.69 Å². The van der Waals surface area contributed by atoms with Gasteiger partial charge in [0.25, 0.3) is 0 Å². The molecule has 0 unspecified atom stereocenters. The zero-order valence-electron chi connectivity index (χ0n) is 5.87. The third-order valence-electron chi connectivity index (χ3n) is 1.89. The smallest absolute Gasteiger partial charge is 0.196 e. The Morgan fingerprint density at radius 3 is 2.91 bits per heavy atom. The maximum Gasteiger partial charge on any atom is 0.196 e. The van der Waals surface area contributed by atoms with E-state index in [1.807, 2.05) is 0 Å². The molecule has 1 aliphatic carbocycles. The fourth-order valence-corrected chi connectivity index (χ4v) is 1.21. The number of H-pyrrole nitrogens is 1. The first-order valence-corrected chi connectivity index (χ1v) is 3.93. The highest BCUT2D eigenvalue weighted by molar-refractivity contribution is 7.83. The summed E-state index contributed by atoms with van der Waals surface area (Å²) in [6.45, 7) is 0. The number of ketones is 1. The predicted molar refractivity (Wildman–Crippen MR) is 43.9 cm³/mol. The van der Waals surface area contributed by atoms with E-state index in [9.17, 15) is 4.79 Å². The molecule has 11 heavy (non-hydrogen) atoms. The van der Waals surface area contributed by atoms with Crippen LogP contribution in [-0.4, -0.2) is 20.5 Å². The summed E-state index contributed by atoms with van der Waals surface area (Å²) >= 11 is 4.25. The minimum Gasteiger partial charge on any atom is -0.342 e. The lowest BCUT2D eigenvalue weighted by Gasteiger charge is -2.01. The first-order chi connectivity index (χ1) is 5.22. The number of thiol groups is 1. The fraction of sp³-hybridized carbons (Fsp3) is 0.429. The highest BCUT2D eigenvalue weighted by atomic mass is 32.1. The van der Waals surface area contributed by atoms with Gasteiger partial charge in [-0.2, -0.15) is 12.6 Å². The molecule has 1 aromatic heterocycles. The van der Waals surface area contributed by atoms with Crippen LogP contribution in [0.5, 0.6) is 0 Å². The molecule has 0 aliphatic heterocycles. The zero-order chi connectivity index (χ0) is 7.90. The van der Waals surface area contributed by atoms with Crippen molar-refractivity contribution in [3.63, 3.8) is 0 Å². The van der Waals surface area contributed by atoms with Crippen molar-refractivity contribution < 1.29 is 4.79 Å². The van der Waals surface area contributed by atoms with E-state index in [2.05, 4.69) is 22.6 Å². The number of aromatic nitrogens is 2. The van der Waals surface area contributed by atoms with E-state index < -0.39 is 0 Å². The van der Waals surface area contributed by atoms with Gasteiger partial charge in [0.2, 0.25) is 0 Å². The molecular weight excluding hydrogens is 160 g/mol. The molecule has 4 heteroatoms. The summed E-state index contributed by atoms with van der Waals surface area (Å²) < 4.78 is -0.382. The van der Waals surface area contributed by atoms with Crippen LogP contribution in [0.4, 0.5) is 0 Å². The Kier molecular flexibility index (Phi) is 1.32. The van der Waals surface area contributed by atoms with Gasteiger partial charge in [-0.3, -0.25) is 4.79 Å². The summed E-state index contributed by atoms with van der Waals surface area (Å²) in [5.41, 5.74) is 0.567. The lowest BCUT2D eigenvalue weighted by atomic mass is 10.2. The molecule has 1 aromatic rings. The second-order valence-corrected chi connectivity index (χ2v) is 3.68. The van der Waals surface area contributed by atoms with Gasteiger partial charge in [-0.25, -0.2) is 4.98 Å². The van der Waals surface area contributed by atoms with Crippen LogP contribution in [0.1, 0.15) is 23.3 Å². The summed E-state index contributed by atoms with van der Waals surface area (Å²) in [6.07, 6.45) is 4.81. The number of nitrogens with zero attached hydrogens (tertiary/aromatic N) is 1. The highest BCUT2D eigenvalue weighted by Crippen LogP contribution is 2.44. The van der Waals surface area contributed by atoms with Crippen LogP contribution >= 0.6 is 12.6 Å². The molecule has 0 aromatic carbocycles. The standard InChI is InChI=1S/C7H8N2OS/c10-6(7(11)1-2-7)5-3-8-4-9-5/h3-4,11H,1-2H2,(H,8,9). The van der Waals surface area contributed by atoms with Crippen LogP contribution in [-0.2, 0) is 0 Å². The van der Waals surface area contributed by atoms with Crippen LogP contribution in [0.25, 0.3) is 0 Å². The van der Waals surface area contributed by atoms with Gasteiger partial charge in [0.1, 0.15) is 5.69 Å². The Bertz CT molecular complexity index is 277. The SMILES string of the molecule is O=C(c1cnc[nH]1)C1(S)CC1. The summed E-state index contributed by atoms with van der Waals surface area (Å²) in [7, 11) is 0. The van der Waals surface area contributed by atoms with E-state index in [4.69, 9.17) is 0 Å². The van der Waals surface area contributed by atoms with Gasteiger partial charge < -0.3 is 4.98 Å². The topological polar surface area (TPSA) is 45.8 Å². The number of imidazole rings is 1. The second-order valence-electron chi connectivity index (χ2n) is 2.83. The predicted octanol–water partition coefficient (Wildman–Crippen LogP) is 1.05. The molecule has 0 bridgehead atoms. The summed E-state index contributed by atoms with van der Waals surface area (Å²) in [5.74, 6) is 0.0679. The summed E-state index contributed by atoms with van der Waals surface area (Å²) in [6, 6.07) is 0. The Labute approximate surface area is 69.6 Å². The largest absolute Gasteiger partial charge is 0.342 e. The molecule has 1 N–H and O–H groups in total. The van der Waals surface area contributed by atoms with Gasteiger partial charge >= 0.3 is 0 Å². The van der Waals surface area contributed by atoms with E-state index in [1.54, 1.807) is 6.20 Å². The van der Waals surface area contributed by atoms with E-state index in [0.717, 1.165) is 12.8 Å². The maximum atomic E-state index is 11.4. The van der Waals surface area contributed by atoms with Crippen LogP contribution in [0.15, 0.2) is 12.5 Å². The van der Waals surface area contributed by atoms with Gasteiger partial charge in [0.15, 0.2) is 5.78 Å². The van der Waals surface area contributed by atoms with Gasteiger partial charge in [-0.15, -0.1) is 0 Å². The first kappa shape index (κ1) is 6.91. The molecule has 1 saturated carbocycles. The molecule has 1 heterocycles.